The van der Waals surface area contributed by atoms with Crippen molar-refractivity contribution in [2.24, 2.45) is 0 Å². The van der Waals surface area contributed by atoms with E-state index in [1.807, 2.05) is 33.8 Å². The van der Waals surface area contributed by atoms with E-state index in [2.05, 4.69) is 10.2 Å². The zero-order valence-electron chi connectivity index (χ0n) is 21.2. The molecule has 0 aliphatic heterocycles. The van der Waals surface area contributed by atoms with Gasteiger partial charge in [0.1, 0.15) is 16.4 Å². The molecule has 3 rings (SSSR count). The van der Waals surface area contributed by atoms with Crippen molar-refractivity contribution in [2.75, 3.05) is 18.0 Å². The second-order valence-electron chi connectivity index (χ2n) is 8.62. The molecule has 0 radical (unpaired) electrons. The molecule has 0 aliphatic carbocycles. The van der Waals surface area contributed by atoms with Crippen LogP contribution in [0.1, 0.15) is 39.0 Å². The van der Waals surface area contributed by atoms with E-state index in [-0.39, 0.29) is 45.9 Å². The van der Waals surface area contributed by atoms with Gasteiger partial charge in [-0.1, -0.05) is 29.3 Å². The van der Waals surface area contributed by atoms with E-state index in [0.717, 1.165) is 18.8 Å². The predicted octanol–water partition coefficient (Wildman–Crippen LogP) is 6.32. The van der Waals surface area contributed by atoms with Gasteiger partial charge in [-0.25, -0.2) is 4.79 Å². The average Bonchev–Trinajstić information content (AvgIpc) is 3.35. The minimum Gasteiger partial charge on any atom is -0.467 e. The molecule has 0 aliphatic rings. The van der Waals surface area contributed by atoms with E-state index in [1.165, 1.54) is 29.4 Å². The van der Waals surface area contributed by atoms with E-state index in [9.17, 15) is 13.2 Å². The van der Waals surface area contributed by atoms with Crippen LogP contribution >= 0.6 is 23.2 Å². The molecule has 0 atom stereocenters. The maximum absolute atomic E-state index is 13.2. The molecule has 3 aromatic rings. The summed E-state index contributed by atoms with van der Waals surface area (Å²) in [5, 5.41) is 3.21. The number of amides is 2. The van der Waals surface area contributed by atoms with Crippen LogP contribution in [0.15, 0.2) is 64.1 Å². The summed E-state index contributed by atoms with van der Waals surface area (Å²) >= 11 is 12.0. The molecule has 0 saturated carbocycles. The van der Waals surface area contributed by atoms with Crippen LogP contribution in [0, 0.1) is 0 Å². The number of carbonyl (C=O) groups is 1. The number of halogens is 2. The van der Waals surface area contributed by atoms with Gasteiger partial charge in [0, 0.05) is 36.4 Å². The van der Waals surface area contributed by atoms with Gasteiger partial charge >= 0.3 is 16.1 Å². The van der Waals surface area contributed by atoms with Crippen LogP contribution < -0.4 is 14.4 Å². The van der Waals surface area contributed by atoms with Crippen molar-refractivity contribution in [3.05, 3.63) is 76.2 Å². The van der Waals surface area contributed by atoms with Crippen molar-refractivity contribution in [1.82, 2.24) is 10.2 Å². The quantitative estimate of drug-likeness (QED) is 0.272. The van der Waals surface area contributed by atoms with E-state index in [4.69, 9.17) is 31.8 Å². The van der Waals surface area contributed by atoms with E-state index in [1.54, 1.807) is 24.3 Å². The van der Waals surface area contributed by atoms with Crippen molar-refractivity contribution in [3.8, 4) is 5.75 Å². The lowest BCUT2D eigenvalue weighted by Crippen LogP contribution is -2.42. The fraction of sp³-hybridized carbons (Fsp3) is 0.346. The van der Waals surface area contributed by atoms with Crippen LogP contribution in [-0.2, 0) is 23.2 Å². The lowest BCUT2D eigenvalue weighted by molar-refractivity contribution is 0.184. The largest absolute Gasteiger partial charge is 0.467 e. The van der Waals surface area contributed by atoms with Crippen LogP contribution in [0.25, 0.3) is 0 Å². The Morgan fingerprint density at radius 2 is 1.76 bits per heavy atom. The number of furan rings is 1. The van der Waals surface area contributed by atoms with Crippen molar-refractivity contribution in [1.29, 1.82) is 0 Å². The van der Waals surface area contributed by atoms with Crippen molar-refractivity contribution < 1.29 is 21.8 Å². The Morgan fingerprint density at radius 3 is 2.35 bits per heavy atom. The van der Waals surface area contributed by atoms with Crippen LogP contribution in [0.4, 0.5) is 10.5 Å². The number of rotatable bonds is 11. The third-order valence-corrected chi connectivity index (χ3v) is 7.52. The SMILES string of the molecule is CCN(CC)c1ccc(CN(Cc2ccco2)C(=O)NC(C)C)c(OS(=O)(=O)c2ccc(Cl)c(Cl)c2)c1. The summed E-state index contributed by atoms with van der Waals surface area (Å²) in [7, 11) is -4.26. The average molecular weight is 569 g/mol. The van der Waals surface area contributed by atoms with E-state index in [0.29, 0.717) is 11.3 Å². The number of nitrogens with one attached hydrogen (secondary N) is 1. The van der Waals surface area contributed by atoms with Gasteiger partial charge in [0.25, 0.3) is 0 Å². The number of carbonyl (C=O) groups excluding carboxylic acids is 1. The molecule has 37 heavy (non-hydrogen) atoms. The number of benzene rings is 2. The van der Waals surface area contributed by atoms with Gasteiger partial charge < -0.3 is 23.7 Å². The van der Waals surface area contributed by atoms with Crippen LogP contribution in [0.2, 0.25) is 10.0 Å². The Labute approximate surface area is 228 Å². The number of anilines is 1. The molecule has 0 saturated heterocycles. The van der Waals surface area contributed by atoms with Gasteiger partial charge in [0.2, 0.25) is 0 Å². The van der Waals surface area contributed by atoms with Gasteiger partial charge in [0.05, 0.1) is 29.4 Å². The molecule has 200 valence electrons. The molecule has 0 fully saturated rings. The molecule has 0 spiro atoms. The highest BCUT2D eigenvalue weighted by atomic mass is 35.5. The van der Waals surface area contributed by atoms with E-state index < -0.39 is 10.1 Å². The molecule has 11 heteroatoms. The molecule has 2 aromatic carbocycles. The molecule has 2 amide bonds. The van der Waals surface area contributed by atoms with Crippen LogP contribution in [0.5, 0.6) is 5.75 Å². The third kappa shape index (κ3) is 7.56. The molecule has 1 aromatic heterocycles. The van der Waals surface area contributed by atoms with Gasteiger partial charge in [-0.15, -0.1) is 0 Å². The molecule has 8 nitrogen and oxygen atoms in total. The number of hydrogen-bond donors (Lipinski definition) is 1. The van der Waals surface area contributed by atoms with Crippen molar-refractivity contribution in [2.45, 2.75) is 51.7 Å². The monoisotopic (exact) mass is 567 g/mol. The second kappa shape index (κ2) is 12.6. The van der Waals surface area contributed by atoms with Crippen LogP contribution in [-0.4, -0.2) is 38.5 Å². The first-order valence-corrected chi connectivity index (χ1v) is 14.1. The summed E-state index contributed by atoms with van der Waals surface area (Å²) in [6.07, 6.45) is 1.53. The topological polar surface area (TPSA) is 92.1 Å². The molecule has 0 unspecified atom stereocenters. The first-order valence-electron chi connectivity index (χ1n) is 11.9. The number of urea groups is 1. The summed E-state index contributed by atoms with van der Waals surface area (Å²) in [6.45, 7) is 9.43. The van der Waals surface area contributed by atoms with E-state index >= 15 is 0 Å². The lowest BCUT2D eigenvalue weighted by Gasteiger charge is -2.26. The van der Waals surface area contributed by atoms with Crippen molar-refractivity contribution in [3.63, 3.8) is 0 Å². The molecule has 1 N–H and O–H groups in total. The highest BCUT2D eigenvalue weighted by molar-refractivity contribution is 7.87. The normalized spacial score (nSPS) is 11.4. The van der Waals surface area contributed by atoms with Gasteiger partial charge in [0.15, 0.2) is 0 Å². The second-order valence-corrected chi connectivity index (χ2v) is 11.0. The molecular formula is C26H31Cl2N3O5S. The maximum atomic E-state index is 13.2. The summed E-state index contributed by atoms with van der Waals surface area (Å²) in [6, 6.07) is 12.4. The fourth-order valence-electron chi connectivity index (χ4n) is 3.67. The number of nitrogens with zero attached hydrogens (tertiary/aromatic N) is 2. The minimum atomic E-state index is -4.26. The molecule has 1 heterocycles. The predicted molar refractivity (Wildman–Crippen MR) is 146 cm³/mol. The van der Waals surface area contributed by atoms with Gasteiger partial charge in [-0.3, -0.25) is 0 Å². The highest BCUT2D eigenvalue weighted by Crippen LogP contribution is 2.32. The molecular weight excluding hydrogens is 537 g/mol. The third-order valence-electron chi connectivity index (χ3n) is 5.55. The Balaban J connectivity index is 2.02. The standard InChI is InChI=1S/C26H31Cl2N3O5S/c1-5-30(6-2)20-10-9-19(16-31(26(32)29-18(3)4)17-21-8-7-13-35-21)25(14-20)36-37(33,34)22-11-12-23(27)24(28)15-22/h7-15,18H,5-6,16-17H2,1-4H3,(H,29,32). The Kier molecular flexibility index (Phi) is 9.75. The maximum Gasteiger partial charge on any atom is 0.339 e. The Morgan fingerprint density at radius 1 is 1.03 bits per heavy atom. The highest BCUT2D eigenvalue weighted by Gasteiger charge is 2.24. The fourth-order valence-corrected chi connectivity index (χ4v) is 5.02. The minimum absolute atomic E-state index is 0.0734. The Hall–Kier alpha value is -2.88. The summed E-state index contributed by atoms with van der Waals surface area (Å²) in [5.74, 6) is 0.696. The first kappa shape index (κ1) is 28.7. The summed E-state index contributed by atoms with van der Waals surface area (Å²) in [4.78, 5) is 16.5. The van der Waals surface area contributed by atoms with Gasteiger partial charge in [-0.2, -0.15) is 8.42 Å². The van der Waals surface area contributed by atoms with Crippen LogP contribution in [0.3, 0.4) is 0 Å². The zero-order valence-corrected chi connectivity index (χ0v) is 23.5. The first-order chi connectivity index (χ1) is 17.5. The lowest BCUT2D eigenvalue weighted by atomic mass is 10.1. The summed E-state index contributed by atoms with van der Waals surface area (Å²) < 4.78 is 37.5. The zero-order chi connectivity index (χ0) is 27.2. The number of hydrogen-bond acceptors (Lipinski definition) is 6. The summed E-state index contributed by atoms with van der Waals surface area (Å²) in [5.41, 5.74) is 1.29. The van der Waals surface area contributed by atoms with Crippen molar-refractivity contribution >= 4 is 45.0 Å². The Bertz CT molecular complexity index is 1310. The molecule has 0 bridgehead atoms. The van der Waals surface area contributed by atoms with Gasteiger partial charge in [-0.05, 0) is 64.1 Å². The smallest absolute Gasteiger partial charge is 0.339 e.